The van der Waals surface area contributed by atoms with Crippen LogP contribution in [0.25, 0.3) is 10.1 Å². The Morgan fingerprint density at radius 1 is 1.25 bits per heavy atom. The second kappa shape index (κ2) is 4.96. The highest BCUT2D eigenvalue weighted by Crippen LogP contribution is 2.31. The van der Waals surface area contributed by atoms with Gasteiger partial charge in [0.05, 0.1) is 11.9 Å². The third-order valence-corrected chi connectivity index (χ3v) is 4.39. The van der Waals surface area contributed by atoms with Crippen LogP contribution in [-0.2, 0) is 12.0 Å². The Kier molecular flexibility index (Phi) is 3.28. The topological polar surface area (TPSA) is 33.1 Å². The van der Waals surface area contributed by atoms with E-state index in [0.29, 0.717) is 12.1 Å². The molecule has 1 unspecified atom stereocenters. The number of hydrogen-bond donors (Lipinski definition) is 1. The lowest BCUT2D eigenvalue weighted by molar-refractivity contribution is 0.0533. The van der Waals surface area contributed by atoms with Crippen molar-refractivity contribution in [2.75, 3.05) is 0 Å². The van der Waals surface area contributed by atoms with E-state index in [1.807, 2.05) is 12.1 Å². The SMILES string of the molecule is CC(O)(Cc1csc2ccccc12)c1ccc(F)cn1. The maximum absolute atomic E-state index is 12.9. The summed E-state index contributed by atoms with van der Waals surface area (Å²) in [6.07, 6.45) is 1.59. The second-order valence-electron chi connectivity index (χ2n) is 5.07. The van der Waals surface area contributed by atoms with Crippen molar-refractivity contribution in [1.82, 2.24) is 4.98 Å². The zero-order chi connectivity index (χ0) is 14.2. The minimum atomic E-state index is -1.11. The van der Waals surface area contributed by atoms with Gasteiger partial charge in [0.1, 0.15) is 11.4 Å². The van der Waals surface area contributed by atoms with Crippen LogP contribution in [0.15, 0.2) is 48.0 Å². The molecule has 3 rings (SSSR count). The zero-order valence-corrected chi connectivity index (χ0v) is 11.8. The molecule has 0 fully saturated rings. The maximum Gasteiger partial charge on any atom is 0.141 e. The van der Waals surface area contributed by atoms with Crippen LogP contribution in [0.4, 0.5) is 4.39 Å². The van der Waals surface area contributed by atoms with Crippen molar-refractivity contribution in [3.05, 3.63) is 65.0 Å². The molecule has 1 atom stereocenters. The normalized spacial score (nSPS) is 14.3. The monoisotopic (exact) mass is 287 g/mol. The van der Waals surface area contributed by atoms with E-state index in [1.165, 1.54) is 16.8 Å². The van der Waals surface area contributed by atoms with E-state index in [0.717, 1.165) is 17.1 Å². The summed E-state index contributed by atoms with van der Waals surface area (Å²) in [4.78, 5) is 3.99. The average molecular weight is 287 g/mol. The number of benzene rings is 1. The molecule has 0 radical (unpaired) electrons. The van der Waals surface area contributed by atoms with Crippen LogP contribution < -0.4 is 0 Å². The number of fused-ring (bicyclic) bond motifs is 1. The molecule has 0 saturated carbocycles. The fourth-order valence-electron chi connectivity index (χ4n) is 2.33. The molecule has 0 amide bonds. The Morgan fingerprint density at radius 2 is 2.05 bits per heavy atom. The minimum absolute atomic E-state index is 0.398. The van der Waals surface area contributed by atoms with Gasteiger partial charge in [-0.3, -0.25) is 4.98 Å². The van der Waals surface area contributed by atoms with Crippen molar-refractivity contribution >= 4 is 21.4 Å². The van der Waals surface area contributed by atoms with Crippen LogP contribution in [0.1, 0.15) is 18.2 Å². The molecule has 2 nitrogen and oxygen atoms in total. The first-order chi connectivity index (χ1) is 9.56. The molecular weight excluding hydrogens is 273 g/mol. The molecule has 0 aliphatic carbocycles. The third kappa shape index (κ3) is 2.44. The second-order valence-corrected chi connectivity index (χ2v) is 5.98. The number of thiophene rings is 1. The Bertz CT molecular complexity index is 734. The number of aliphatic hydroxyl groups is 1. The molecule has 3 aromatic rings. The first kappa shape index (κ1) is 13.2. The number of aromatic nitrogens is 1. The third-order valence-electron chi connectivity index (χ3n) is 3.38. The van der Waals surface area contributed by atoms with Crippen molar-refractivity contribution in [2.24, 2.45) is 0 Å². The predicted molar refractivity (Wildman–Crippen MR) is 79.3 cm³/mol. The molecule has 102 valence electrons. The van der Waals surface area contributed by atoms with Crippen molar-refractivity contribution < 1.29 is 9.50 Å². The Balaban J connectivity index is 1.94. The minimum Gasteiger partial charge on any atom is -0.383 e. The molecule has 0 aliphatic heterocycles. The predicted octanol–water partition coefficient (Wildman–Crippen LogP) is 3.89. The van der Waals surface area contributed by atoms with Gasteiger partial charge in [-0.25, -0.2) is 4.39 Å². The highest BCUT2D eigenvalue weighted by atomic mass is 32.1. The molecule has 2 aromatic heterocycles. The summed E-state index contributed by atoms with van der Waals surface area (Å²) >= 11 is 1.66. The quantitative estimate of drug-likeness (QED) is 0.793. The van der Waals surface area contributed by atoms with Crippen molar-refractivity contribution in [3.63, 3.8) is 0 Å². The Hall–Kier alpha value is -1.78. The van der Waals surface area contributed by atoms with E-state index < -0.39 is 11.4 Å². The van der Waals surface area contributed by atoms with E-state index >= 15 is 0 Å². The highest BCUT2D eigenvalue weighted by Gasteiger charge is 2.26. The van der Waals surface area contributed by atoms with Gasteiger partial charge in [-0.1, -0.05) is 18.2 Å². The zero-order valence-electron chi connectivity index (χ0n) is 11.0. The summed E-state index contributed by atoms with van der Waals surface area (Å²) in [5.74, 6) is -0.398. The van der Waals surface area contributed by atoms with Crippen molar-refractivity contribution in [2.45, 2.75) is 18.9 Å². The fraction of sp³-hybridized carbons (Fsp3) is 0.188. The summed E-state index contributed by atoms with van der Waals surface area (Å²) in [5, 5.41) is 13.8. The molecular formula is C16H14FNOS. The molecule has 1 aromatic carbocycles. The van der Waals surface area contributed by atoms with Crippen LogP contribution in [-0.4, -0.2) is 10.1 Å². The van der Waals surface area contributed by atoms with Crippen LogP contribution in [0, 0.1) is 5.82 Å². The van der Waals surface area contributed by atoms with E-state index in [-0.39, 0.29) is 0 Å². The van der Waals surface area contributed by atoms with Gasteiger partial charge in [0.2, 0.25) is 0 Å². The summed E-state index contributed by atoms with van der Waals surface area (Å²) < 4.78 is 14.1. The fourth-order valence-corrected chi connectivity index (χ4v) is 3.29. The van der Waals surface area contributed by atoms with E-state index in [2.05, 4.69) is 22.5 Å². The highest BCUT2D eigenvalue weighted by molar-refractivity contribution is 7.17. The number of rotatable bonds is 3. The largest absolute Gasteiger partial charge is 0.383 e. The van der Waals surface area contributed by atoms with Crippen LogP contribution in [0.3, 0.4) is 0 Å². The first-order valence-electron chi connectivity index (χ1n) is 6.36. The van der Waals surface area contributed by atoms with E-state index in [9.17, 15) is 9.50 Å². The van der Waals surface area contributed by atoms with Crippen LogP contribution >= 0.6 is 11.3 Å². The molecule has 0 spiro atoms. The van der Waals surface area contributed by atoms with Gasteiger partial charge in [0.25, 0.3) is 0 Å². The van der Waals surface area contributed by atoms with Gasteiger partial charge in [0, 0.05) is 11.1 Å². The number of hydrogen-bond acceptors (Lipinski definition) is 3. The average Bonchev–Trinajstić information content (AvgIpc) is 2.82. The first-order valence-corrected chi connectivity index (χ1v) is 7.24. The maximum atomic E-state index is 12.9. The molecule has 1 N–H and O–H groups in total. The van der Waals surface area contributed by atoms with E-state index in [1.54, 1.807) is 18.3 Å². The Labute approximate surface area is 120 Å². The lowest BCUT2D eigenvalue weighted by Crippen LogP contribution is -2.25. The number of pyridine rings is 1. The van der Waals surface area contributed by atoms with Crippen molar-refractivity contribution in [3.8, 4) is 0 Å². The molecule has 4 heteroatoms. The summed E-state index contributed by atoms with van der Waals surface area (Å²) in [7, 11) is 0. The lowest BCUT2D eigenvalue weighted by atomic mass is 9.92. The van der Waals surface area contributed by atoms with Gasteiger partial charge < -0.3 is 5.11 Å². The number of nitrogens with zero attached hydrogens (tertiary/aromatic N) is 1. The van der Waals surface area contributed by atoms with E-state index in [4.69, 9.17) is 0 Å². The molecule has 0 saturated heterocycles. The lowest BCUT2D eigenvalue weighted by Gasteiger charge is -2.22. The van der Waals surface area contributed by atoms with Gasteiger partial charge in [-0.2, -0.15) is 0 Å². The van der Waals surface area contributed by atoms with Crippen LogP contribution in [0.2, 0.25) is 0 Å². The van der Waals surface area contributed by atoms with Crippen LogP contribution in [0.5, 0.6) is 0 Å². The van der Waals surface area contributed by atoms with Gasteiger partial charge in [0.15, 0.2) is 0 Å². The van der Waals surface area contributed by atoms with Gasteiger partial charge >= 0.3 is 0 Å². The van der Waals surface area contributed by atoms with Gasteiger partial charge in [-0.05, 0) is 41.5 Å². The molecule has 0 aliphatic rings. The molecule has 20 heavy (non-hydrogen) atoms. The summed E-state index contributed by atoms with van der Waals surface area (Å²) in [6.45, 7) is 1.71. The van der Waals surface area contributed by atoms with Crippen molar-refractivity contribution in [1.29, 1.82) is 0 Å². The standard InChI is InChI=1S/C16H14FNOS/c1-16(19,15-7-6-12(17)9-18-15)8-11-10-20-14-5-3-2-4-13(11)14/h2-7,9-10,19H,8H2,1H3. The molecule has 0 bridgehead atoms. The van der Waals surface area contributed by atoms with Gasteiger partial charge in [-0.15, -0.1) is 11.3 Å². The Morgan fingerprint density at radius 3 is 2.80 bits per heavy atom. The number of halogens is 1. The summed E-state index contributed by atoms with van der Waals surface area (Å²) in [6, 6.07) is 11.0. The summed E-state index contributed by atoms with van der Waals surface area (Å²) in [5.41, 5.74) is 0.452. The smallest absolute Gasteiger partial charge is 0.141 e. The molecule has 2 heterocycles.